The maximum atomic E-state index is 11.5. The van der Waals surface area contributed by atoms with Gasteiger partial charge in [0.15, 0.2) is 11.4 Å². The number of nitrogens with one attached hydrogen (secondary N) is 2. The van der Waals surface area contributed by atoms with Crippen molar-refractivity contribution in [3.63, 3.8) is 0 Å². The summed E-state index contributed by atoms with van der Waals surface area (Å²) < 4.78 is 4.69. The maximum absolute atomic E-state index is 11.5. The second kappa shape index (κ2) is 3.69. The standard InChI is InChI=1S/C9H9N3O4/c1-2-16-9(15)6-7(13)5-4(3-10-12-5)8(14)11-6/h3,13H,2H2,1H3,(H,10,12)(H,11,14). The molecule has 0 bridgehead atoms. The van der Waals surface area contributed by atoms with Crippen molar-refractivity contribution in [2.75, 3.05) is 6.61 Å². The molecule has 0 aliphatic rings. The number of aromatic amines is 2. The third-order valence-electron chi connectivity index (χ3n) is 2.08. The lowest BCUT2D eigenvalue weighted by Crippen LogP contribution is -2.15. The van der Waals surface area contributed by atoms with Gasteiger partial charge < -0.3 is 14.8 Å². The fourth-order valence-electron chi connectivity index (χ4n) is 1.35. The summed E-state index contributed by atoms with van der Waals surface area (Å²) in [6.45, 7) is 1.78. The van der Waals surface area contributed by atoms with E-state index in [0.717, 1.165) is 0 Å². The van der Waals surface area contributed by atoms with Crippen molar-refractivity contribution in [3.8, 4) is 5.75 Å². The van der Waals surface area contributed by atoms with Crippen LogP contribution in [0.2, 0.25) is 0 Å². The lowest BCUT2D eigenvalue weighted by atomic mass is 10.2. The number of ether oxygens (including phenoxy) is 1. The van der Waals surface area contributed by atoms with E-state index in [1.165, 1.54) is 6.20 Å². The Morgan fingerprint density at radius 2 is 2.38 bits per heavy atom. The largest absolute Gasteiger partial charge is 0.504 e. The molecule has 0 atom stereocenters. The number of aromatic nitrogens is 3. The number of rotatable bonds is 2. The lowest BCUT2D eigenvalue weighted by Gasteiger charge is -2.04. The normalized spacial score (nSPS) is 10.6. The SMILES string of the molecule is CCOC(=O)c1[nH]c(=O)c2cn[nH]c2c1O. The number of nitrogens with zero attached hydrogens (tertiary/aromatic N) is 1. The van der Waals surface area contributed by atoms with Crippen molar-refractivity contribution in [1.29, 1.82) is 0 Å². The Kier molecular flexibility index (Phi) is 2.35. The van der Waals surface area contributed by atoms with Crippen LogP contribution in [0.4, 0.5) is 0 Å². The second-order valence-electron chi connectivity index (χ2n) is 3.06. The first-order chi connectivity index (χ1) is 7.65. The van der Waals surface area contributed by atoms with Crippen LogP contribution in [-0.4, -0.2) is 32.9 Å². The lowest BCUT2D eigenvalue weighted by molar-refractivity contribution is 0.0516. The number of carbonyl (C=O) groups excluding carboxylic acids is 1. The predicted octanol–water partition coefficient (Wildman–Crippen LogP) is 0.133. The summed E-state index contributed by atoms with van der Waals surface area (Å²) in [7, 11) is 0. The van der Waals surface area contributed by atoms with E-state index in [4.69, 9.17) is 0 Å². The zero-order valence-corrected chi connectivity index (χ0v) is 8.40. The van der Waals surface area contributed by atoms with Gasteiger partial charge in [-0.25, -0.2) is 4.79 Å². The van der Waals surface area contributed by atoms with Crippen LogP contribution in [-0.2, 0) is 4.74 Å². The summed E-state index contributed by atoms with van der Waals surface area (Å²) in [6, 6.07) is 0. The van der Waals surface area contributed by atoms with Crippen LogP contribution in [0.5, 0.6) is 5.75 Å². The van der Waals surface area contributed by atoms with E-state index in [9.17, 15) is 14.7 Å². The van der Waals surface area contributed by atoms with E-state index in [2.05, 4.69) is 19.9 Å². The van der Waals surface area contributed by atoms with Crippen LogP contribution in [0.3, 0.4) is 0 Å². The number of hydrogen-bond acceptors (Lipinski definition) is 5. The third-order valence-corrected chi connectivity index (χ3v) is 2.08. The van der Waals surface area contributed by atoms with E-state index in [1.807, 2.05) is 0 Å². The van der Waals surface area contributed by atoms with Gasteiger partial charge in [-0.3, -0.25) is 9.89 Å². The van der Waals surface area contributed by atoms with E-state index in [0.29, 0.717) is 0 Å². The molecule has 0 radical (unpaired) electrons. The van der Waals surface area contributed by atoms with Gasteiger partial charge in [0.2, 0.25) is 0 Å². The first kappa shape index (κ1) is 10.2. The second-order valence-corrected chi connectivity index (χ2v) is 3.06. The number of pyridine rings is 1. The Morgan fingerprint density at radius 1 is 1.62 bits per heavy atom. The fourth-order valence-corrected chi connectivity index (χ4v) is 1.35. The third kappa shape index (κ3) is 1.42. The van der Waals surface area contributed by atoms with Crippen LogP contribution < -0.4 is 5.56 Å². The average molecular weight is 223 g/mol. The number of hydrogen-bond donors (Lipinski definition) is 3. The van der Waals surface area contributed by atoms with E-state index < -0.39 is 11.5 Å². The predicted molar refractivity (Wildman–Crippen MR) is 54.3 cm³/mol. The molecule has 0 spiro atoms. The molecular weight excluding hydrogens is 214 g/mol. The van der Waals surface area contributed by atoms with Gasteiger partial charge in [0.05, 0.1) is 18.2 Å². The molecule has 3 N–H and O–H groups in total. The maximum Gasteiger partial charge on any atom is 0.358 e. The van der Waals surface area contributed by atoms with Gasteiger partial charge in [-0.2, -0.15) is 5.10 Å². The molecule has 0 aromatic carbocycles. The Bertz CT molecular complexity index is 598. The number of aromatic hydroxyl groups is 1. The molecule has 7 nitrogen and oxygen atoms in total. The van der Waals surface area contributed by atoms with Crippen molar-refractivity contribution in [2.45, 2.75) is 6.92 Å². The van der Waals surface area contributed by atoms with Crippen molar-refractivity contribution < 1.29 is 14.6 Å². The molecule has 16 heavy (non-hydrogen) atoms. The van der Waals surface area contributed by atoms with Gasteiger partial charge in [-0.15, -0.1) is 0 Å². The van der Waals surface area contributed by atoms with Crippen molar-refractivity contribution >= 4 is 16.9 Å². The zero-order valence-electron chi connectivity index (χ0n) is 8.40. The van der Waals surface area contributed by atoms with Crippen LogP contribution in [0.15, 0.2) is 11.0 Å². The number of carbonyl (C=O) groups is 1. The minimum atomic E-state index is -0.784. The molecular formula is C9H9N3O4. The first-order valence-corrected chi connectivity index (χ1v) is 4.60. The number of esters is 1. The van der Waals surface area contributed by atoms with Crippen LogP contribution >= 0.6 is 0 Å². The molecule has 7 heteroatoms. The van der Waals surface area contributed by atoms with Crippen molar-refractivity contribution in [2.24, 2.45) is 0 Å². The Morgan fingerprint density at radius 3 is 3.06 bits per heavy atom. The molecule has 0 fully saturated rings. The molecule has 0 saturated carbocycles. The molecule has 0 unspecified atom stereocenters. The van der Waals surface area contributed by atoms with E-state index >= 15 is 0 Å². The molecule has 2 aromatic rings. The number of H-pyrrole nitrogens is 2. The highest BCUT2D eigenvalue weighted by Gasteiger charge is 2.18. The Hall–Kier alpha value is -2.31. The molecule has 2 rings (SSSR count). The van der Waals surface area contributed by atoms with E-state index in [-0.39, 0.29) is 29.0 Å². The Balaban J connectivity index is 2.67. The summed E-state index contributed by atoms with van der Waals surface area (Å²) in [5.41, 5.74) is -0.667. The van der Waals surface area contributed by atoms with Crippen LogP contribution in [0.1, 0.15) is 17.4 Å². The van der Waals surface area contributed by atoms with Gasteiger partial charge in [0.1, 0.15) is 5.52 Å². The Labute approximate surface area is 89.1 Å². The zero-order chi connectivity index (χ0) is 11.7. The van der Waals surface area contributed by atoms with Gasteiger partial charge in [0.25, 0.3) is 5.56 Å². The molecule has 0 aliphatic heterocycles. The summed E-state index contributed by atoms with van der Waals surface area (Å²) in [6.07, 6.45) is 1.27. The van der Waals surface area contributed by atoms with Crippen molar-refractivity contribution in [1.82, 2.24) is 15.2 Å². The summed E-state index contributed by atoms with van der Waals surface area (Å²) in [5, 5.41) is 16.0. The summed E-state index contributed by atoms with van der Waals surface area (Å²) in [4.78, 5) is 25.1. The monoisotopic (exact) mass is 223 g/mol. The molecule has 2 aromatic heterocycles. The van der Waals surface area contributed by atoms with Gasteiger partial charge >= 0.3 is 5.97 Å². The van der Waals surface area contributed by atoms with Gasteiger partial charge in [0, 0.05) is 0 Å². The molecule has 84 valence electrons. The molecule has 0 amide bonds. The quantitative estimate of drug-likeness (QED) is 0.627. The van der Waals surface area contributed by atoms with Crippen LogP contribution in [0.25, 0.3) is 10.9 Å². The highest BCUT2D eigenvalue weighted by atomic mass is 16.5. The minimum Gasteiger partial charge on any atom is -0.504 e. The average Bonchev–Trinajstić information content (AvgIpc) is 2.73. The van der Waals surface area contributed by atoms with Crippen molar-refractivity contribution in [3.05, 3.63) is 22.2 Å². The van der Waals surface area contributed by atoms with E-state index in [1.54, 1.807) is 6.92 Å². The highest BCUT2D eigenvalue weighted by Crippen LogP contribution is 2.22. The van der Waals surface area contributed by atoms with Gasteiger partial charge in [-0.05, 0) is 6.92 Å². The highest BCUT2D eigenvalue weighted by molar-refractivity contribution is 5.97. The summed E-state index contributed by atoms with van der Waals surface area (Å²) in [5.74, 6) is -1.15. The number of fused-ring (bicyclic) bond motifs is 1. The van der Waals surface area contributed by atoms with Gasteiger partial charge in [-0.1, -0.05) is 0 Å². The van der Waals surface area contributed by atoms with Crippen LogP contribution in [0, 0.1) is 0 Å². The molecule has 2 heterocycles. The summed E-state index contributed by atoms with van der Waals surface area (Å²) >= 11 is 0. The molecule has 0 aliphatic carbocycles. The molecule has 0 saturated heterocycles. The minimum absolute atomic E-state index is 0.117. The smallest absolute Gasteiger partial charge is 0.358 e. The fraction of sp³-hybridized carbons (Fsp3) is 0.222. The topological polar surface area (TPSA) is 108 Å². The first-order valence-electron chi connectivity index (χ1n) is 4.60.